The number of benzene rings is 3. The molecule has 6 heteroatoms. The standard InChI is InChI=1S/C26H27N3O3/c30-26(29-17-15-28(16-18-29)24-9-5-2-6-10-24)21-32-27-19-22-11-13-25(14-12-22)31-20-23-7-3-1-4-8-23/h1-14,19H,15-18,20-21H2. The van der Waals surface area contributed by atoms with Crippen LogP contribution < -0.4 is 9.64 Å². The van der Waals surface area contributed by atoms with Crippen molar-refractivity contribution >= 4 is 17.8 Å². The molecule has 0 saturated carbocycles. The minimum Gasteiger partial charge on any atom is -0.489 e. The summed E-state index contributed by atoms with van der Waals surface area (Å²) in [7, 11) is 0. The van der Waals surface area contributed by atoms with Gasteiger partial charge in [-0.25, -0.2) is 0 Å². The van der Waals surface area contributed by atoms with Crippen molar-refractivity contribution in [1.82, 2.24) is 4.90 Å². The van der Waals surface area contributed by atoms with E-state index < -0.39 is 0 Å². The van der Waals surface area contributed by atoms with Gasteiger partial charge in [-0.3, -0.25) is 4.79 Å². The van der Waals surface area contributed by atoms with E-state index in [-0.39, 0.29) is 12.5 Å². The zero-order valence-electron chi connectivity index (χ0n) is 18.0. The van der Waals surface area contributed by atoms with E-state index in [1.807, 2.05) is 77.7 Å². The molecule has 1 aliphatic heterocycles. The monoisotopic (exact) mass is 429 g/mol. The quantitative estimate of drug-likeness (QED) is 0.402. The fraction of sp³-hybridized carbons (Fsp3) is 0.231. The highest BCUT2D eigenvalue weighted by Crippen LogP contribution is 2.16. The lowest BCUT2D eigenvalue weighted by Gasteiger charge is -2.35. The Bertz CT molecular complexity index is 1000. The maximum atomic E-state index is 12.4. The van der Waals surface area contributed by atoms with E-state index in [0.717, 1.165) is 30.0 Å². The summed E-state index contributed by atoms with van der Waals surface area (Å²) < 4.78 is 5.78. The summed E-state index contributed by atoms with van der Waals surface area (Å²) in [5.41, 5.74) is 3.19. The van der Waals surface area contributed by atoms with Crippen LogP contribution in [0.1, 0.15) is 11.1 Å². The fourth-order valence-corrected chi connectivity index (χ4v) is 3.53. The minimum atomic E-state index is -0.0554. The number of anilines is 1. The van der Waals surface area contributed by atoms with Gasteiger partial charge < -0.3 is 19.4 Å². The molecule has 32 heavy (non-hydrogen) atoms. The molecule has 6 nitrogen and oxygen atoms in total. The van der Waals surface area contributed by atoms with Crippen molar-refractivity contribution in [2.75, 3.05) is 37.7 Å². The lowest BCUT2D eigenvalue weighted by Crippen LogP contribution is -2.49. The average molecular weight is 430 g/mol. The van der Waals surface area contributed by atoms with E-state index in [2.05, 4.69) is 22.2 Å². The summed E-state index contributed by atoms with van der Waals surface area (Å²) in [6.45, 7) is 3.48. The first kappa shape index (κ1) is 21.4. The van der Waals surface area contributed by atoms with E-state index in [0.29, 0.717) is 19.7 Å². The Morgan fingerprint density at radius 2 is 1.50 bits per heavy atom. The van der Waals surface area contributed by atoms with Crippen LogP contribution in [0.15, 0.2) is 90.1 Å². The number of hydrogen-bond acceptors (Lipinski definition) is 5. The second kappa shape index (κ2) is 11.0. The zero-order valence-corrected chi connectivity index (χ0v) is 18.0. The lowest BCUT2D eigenvalue weighted by atomic mass is 10.2. The Morgan fingerprint density at radius 1 is 0.844 bits per heavy atom. The molecular weight excluding hydrogens is 402 g/mol. The number of oxime groups is 1. The number of nitrogens with zero attached hydrogens (tertiary/aromatic N) is 3. The molecule has 1 amide bonds. The van der Waals surface area contributed by atoms with Gasteiger partial charge in [0.05, 0.1) is 6.21 Å². The number of carbonyl (C=O) groups excluding carboxylic acids is 1. The van der Waals surface area contributed by atoms with Gasteiger partial charge in [0, 0.05) is 31.9 Å². The van der Waals surface area contributed by atoms with E-state index in [9.17, 15) is 4.79 Å². The predicted octanol–water partition coefficient (Wildman–Crippen LogP) is 3.96. The van der Waals surface area contributed by atoms with Crippen LogP contribution in [0.3, 0.4) is 0 Å². The van der Waals surface area contributed by atoms with Crippen molar-refractivity contribution in [1.29, 1.82) is 0 Å². The lowest BCUT2D eigenvalue weighted by molar-refractivity contribution is -0.136. The Hall–Kier alpha value is -3.80. The van der Waals surface area contributed by atoms with E-state index in [1.54, 1.807) is 6.21 Å². The van der Waals surface area contributed by atoms with Crippen molar-refractivity contribution in [3.8, 4) is 5.75 Å². The third kappa shape index (κ3) is 6.11. The molecule has 0 aromatic heterocycles. The summed E-state index contributed by atoms with van der Waals surface area (Å²) in [5, 5.41) is 3.94. The fourth-order valence-electron chi connectivity index (χ4n) is 3.53. The topological polar surface area (TPSA) is 54.4 Å². The largest absolute Gasteiger partial charge is 0.489 e. The Labute approximate surface area is 188 Å². The number of piperazine rings is 1. The molecule has 3 aromatic rings. The first-order valence-corrected chi connectivity index (χ1v) is 10.8. The maximum Gasteiger partial charge on any atom is 0.263 e. The Kier molecular flexibility index (Phi) is 7.37. The molecule has 1 aliphatic rings. The first-order valence-electron chi connectivity index (χ1n) is 10.8. The van der Waals surface area contributed by atoms with Crippen LogP contribution in [0.2, 0.25) is 0 Å². The highest BCUT2D eigenvalue weighted by atomic mass is 16.6. The molecular formula is C26H27N3O3. The predicted molar refractivity (Wildman–Crippen MR) is 126 cm³/mol. The van der Waals surface area contributed by atoms with Crippen LogP contribution in [-0.4, -0.2) is 49.8 Å². The number of amides is 1. The Morgan fingerprint density at radius 3 is 2.19 bits per heavy atom. The normalized spacial score (nSPS) is 13.9. The number of hydrogen-bond donors (Lipinski definition) is 0. The summed E-state index contributed by atoms with van der Waals surface area (Å²) >= 11 is 0. The molecule has 0 unspecified atom stereocenters. The van der Waals surface area contributed by atoms with Crippen LogP contribution in [0.25, 0.3) is 0 Å². The highest BCUT2D eigenvalue weighted by Gasteiger charge is 2.21. The smallest absolute Gasteiger partial charge is 0.263 e. The second-order valence-electron chi connectivity index (χ2n) is 7.55. The van der Waals surface area contributed by atoms with Gasteiger partial charge >= 0.3 is 0 Å². The van der Waals surface area contributed by atoms with Crippen molar-refractivity contribution in [3.05, 3.63) is 96.1 Å². The molecule has 0 atom stereocenters. The van der Waals surface area contributed by atoms with E-state index in [1.165, 1.54) is 5.69 Å². The first-order chi connectivity index (χ1) is 15.8. The molecule has 1 fully saturated rings. The van der Waals surface area contributed by atoms with Crippen molar-refractivity contribution in [2.24, 2.45) is 5.16 Å². The van der Waals surface area contributed by atoms with Gasteiger partial charge in [-0.05, 0) is 47.5 Å². The second-order valence-corrected chi connectivity index (χ2v) is 7.55. The van der Waals surface area contributed by atoms with Crippen LogP contribution in [0.5, 0.6) is 5.75 Å². The van der Waals surface area contributed by atoms with Crippen LogP contribution in [-0.2, 0) is 16.2 Å². The summed E-state index contributed by atoms with van der Waals surface area (Å²) in [6, 6.07) is 27.9. The molecule has 164 valence electrons. The van der Waals surface area contributed by atoms with Gasteiger partial charge in [-0.15, -0.1) is 0 Å². The third-order valence-electron chi connectivity index (χ3n) is 5.35. The van der Waals surface area contributed by atoms with Gasteiger partial charge in [-0.1, -0.05) is 53.7 Å². The van der Waals surface area contributed by atoms with Gasteiger partial charge in [0.2, 0.25) is 0 Å². The van der Waals surface area contributed by atoms with Crippen molar-refractivity contribution < 1.29 is 14.4 Å². The summed E-state index contributed by atoms with van der Waals surface area (Å²) in [5.74, 6) is 0.747. The van der Waals surface area contributed by atoms with Gasteiger partial charge in [0.25, 0.3) is 5.91 Å². The molecule has 3 aromatic carbocycles. The number of rotatable bonds is 8. The van der Waals surface area contributed by atoms with Gasteiger partial charge in [0.15, 0.2) is 6.61 Å². The molecule has 4 rings (SSSR count). The van der Waals surface area contributed by atoms with Gasteiger partial charge in [-0.2, -0.15) is 0 Å². The van der Waals surface area contributed by atoms with Crippen LogP contribution in [0.4, 0.5) is 5.69 Å². The van der Waals surface area contributed by atoms with Crippen molar-refractivity contribution in [2.45, 2.75) is 6.61 Å². The maximum absolute atomic E-state index is 12.4. The van der Waals surface area contributed by atoms with Gasteiger partial charge in [0.1, 0.15) is 12.4 Å². The van der Waals surface area contributed by atoms with E-state index >= 15 is 0 Å². The van der Waals surface area contributed by atoms with E-state index in [4.69, 9.17) is 9.57 Å². The van der Waals surface area contributed by atoms with Crippen LogP contribution in [0, 0.1) is 0 Å². The molecule has 0 radical (unpaired) electrons. The summed E-state index contributed by atoms with van der Waals surface area (Å²) in [6.07, 6.45) is 1.60. The average Bonchev–Trinajstić information content (AvgIpc) is 2.87. The molecule has 1 saturated heterocycles. The molecule has 1 heterocycles. The summed E-state index contributed by atoms with van der Waals surface area (Å²) in [4.78, 5) is 21.7. The number of para-hydroxylation sites is 1. The molecule has 0 N–H and O–H groups in total. The highest BCUT2D eigenvalue weighted by molar-refractivity contribution is 5.80. The zero-order chi connectivity index (χ0) is 22.0. The van der Waals surface area contributed by atoms with Crippen molar-refractivity contribution in [3.63, 3.8) is 0 Å². The Balaban J connectivity index is 1.16. The number of ether oxygens (including phenoxy) is 1. The minimum absolute atomic E-state index is 0.0421. The number of carbonyl (C=O) groups is 1. The third-order valence-corrected chi connectivity index (χ3v) is 5.35. The molecule has 0 bridgehead atoms. The SMILES string of the molecule is O=C(CON=Cc1ccc(OCc2ccccc2)cc1)N1CCN(c2ccccc2)CC1. The van der Waals surface area contributed by atoms with Crippen LogP contribution >= 0.6 is 0 Å². The molecule has 0 spiro atoms. The molecule has 0 aliphatic carbocycles.